The van der Waals surface area contributed by atoms with Crippen LogP contribution in [0.1, 0.15) is 52.4 Å². The molecule has 0 rings (SSSR count). The number of rotatable bonds is 9. The standard InChI is InChI=1S/C11H22N2O2/c1-3-4-5-6-7-8-9-12-13-10(2)11(14)15/h12H,3-9H2,1-2H3,(H,14,15)/b13-10+. The van der Waals surface area contributed by atoms with E-state index in [1.165, 1.54) is 39.0 Å². The van der Waals surface area contributed by atoms with Crippen LogP contribution in [0.25, 0.3) is 0 Å². The highest BCUT2D eigenvalue weighted by atomic mass is 16.4. The number of aliphatic carboxylic acids is 1. The summed E-state index contributed by atoms with van der Waals surface area (Å²) in [5.74, 6) is -0.967. The van der Waals surface area contributed by atoms with Gasteiger partial charge < -0.3 is 10.5 Å². The number of nitrogens with one attached hydrogen (secondary N) is 1. The summed E-state index contributed by atoms with van der Waals surface area (Å²) in [7, 11) is 0. The Morgan fingerprint density at radius 1 is 1.20 bits per heavy atom. The first-order valence-corrected chi connectivity index (χ1v) is 5.69. The maximum atomic E-state index is 10.4. The van der Waals surface area contributed by atoms with Gasteiger partial charge in [0.25, 0.3) is 0 Å². The normalized spacial score (nSPS) is 11.5. The summed E-state index contributed by atoms with van der Waals surface area (Å²) in [5, 5.41) is 12.2. The van der Waals surface area contributed by atoms with E-state index < -0.39 is 5.97 Å². The molecule has 0 aliphatic carbocycles. The second kappa shape index (κ2) is 9.49. The van der Waals surface area contributed by atoms with Crippen LogP contribution in [-0.4, -0.2) is 23.3 Å². The maximum Gasteiger partial charge on any atom is 0.351 e. The van der Waals surface area contributed by atoms with E-state index in [2.05, 4.69) is 17.5 Å². The summed E-state index contributed by atoms with van der Waals surface area (Å²) in [6.07, 6.45) is 7.38. The Bertz CT molecular complexity index is 203. The molecule has 0 spiro atoms. The monoisotopic (exact) mass is 214 g/mol. The molecule has 0 aromatic heterocycles. The zero-order valence-corrected chi connectivity index (χ0v) is 9.75. The summed E-state index contributed by atoms with van der Waals surface area (Å²) in [6.45, 7) is 4.44. The van der Waals surface area contributed by atoms with Crippen molar-refractivity contribution >= 4 is 11.7 Å². The van der Waals surface area contributed by atoms with Crippen LogP contribution in [-0.2, 0) is 4.79 Å². The van der Waals surface area contributed by atoms with Gasteiger partial charge in [0.15, 0.2) is 0 Å². The average molecular weight is 214 g/mol. The van der Waals surface area contributed by atoms with Gasteiger partial charge in [0.1, 0.15) is 5.71 Å². The fourth-order valence-electron chi connectivity index (χ4n) is 1.21. The van der Waals surface area contributed by atoms with Gasteiger partial charge in [0.05, 0.1) is 0 Å². The molecule has 0 radical (unpaired) electrons. The van der Waals surface area contributed by atoms with E-state index in [1.54, 1.807) is 0 Å². The average Bonchev–Trinajstić information content (AvgIpc) is 2.21. The van der Waals surface area contributed by atoms with Crippen molar-refractivity contribution in [3.8, 4) is 0 Å². The number of hydrazone groups is 1. The summed E-state index contributed by atoms with van der Waals surface area (Å²) in [4.78, 5) is 10.4. The van der Waals surface area contributed by atoms with Crippen LogP contribution in [0.15, 0.2) is 5.10 Å². The third kappa shape index (κ3) is 9.25. The second-order valence-electron chi connectivity index (χ2n) is 3.68. The smallest absolute Gasteiger partial charge is 0.351 e. The first-order valence-electron chi connectivity index (χ1n) is 5.69. The van der Waals surface area contributed by atoms with Crippen LogP contribution in [0.2, 0.25) is 0 Å². The van der Waals surface area contributed by atoms with E-state index in [-0.39, 0.29) is 5.71 Å². The number of unbranched alkanes of at least 4 members (excludes halogenated alkanes) is 5. The van der Waals surface area contributed by atoms with Crippen LogP contribution in [0.3, 0.4) is 0 Å². The summed E-state index contributed by atoms with van der Waals surface area (Å²) in [6, 6.07) is 0. The molecule has 4 nitrogen and oxygen atoms in total. The number of carboxylic acids is 1. The largest absolute Gasteiger partial charge is 0.477 e. The second-order valence-corrected chi connectivity index (χ2v) is 3.68. The molecule has 15 heavy (non-hydrogen) atoms. The minimum Gasteiger partial charge on any atom is -0.477 e. The third-order valence-electron chi connectivity index (χ3n) is 2.20. The van der Waals surface area contributed by atoms with Crippen molar-refractivity contribution in [2.75, 3.05) is 6.54 Å². The highest BCUT2D eigenvalue weighted by molar-refractivity contribution is 6.34. The molecule has 0 aromatic carbocycles. The first kappa shape index (κ1) is 13.9. The number of carboxylic acid groups (broad SMARTS) is 1. The van der Waals surface area contributed by atoms with Gasteiger partial charge in [-0.15, -0.1) is 0 Å². The Morgan fingerprint density at radius 3 is 2.40 bits per heavy atom. The van der Waals surface area contributed by atoms with Crippen LogP contribution in [0, 0.1) is 0 Å². The highest BCUT2D eigenvalue weighted by Crippen LogP contribution is 2.03. The molecule has 88 valence electrons. The van der Waals surface area contributed by atoms with Crippen LogP contribution >= 0.6 is 0 Å². The molecule has 0 heterocycles. The minimum atomic E-state index is -0.967. The van der Waals surface area contributed by atoms with Crippen LogP contribution < -0.4 is 5.43 Å². The maximum absolute atomic E-state index is 10.4. The molecule has 0 aliphatic rings. The van der Waals surface area contributed by atoms with E-state index in [4.69, 9.17) is 5.11 Å². The van der Waals surface area contributed by atoms with E-state index in [0.717, 1.165) is 13.0 Å². The molecule has 0 saturated heterocycles. The fraction of sp³-hybridized carbons (Fsp3) is 0.818. The van der Waals surface area contributed by atoms with Gasteiger partial charge in [-0.1, -0.05) is 39.0 Å². The van der Waals surface area contributed by atoms with Crippen molar-refractivity contribution in [1.82, 2.24) is 5.43 Å². The number of carbonyl (C=O) groups is 1. The SMILES string of the molecule is CCCCCCCCN/N=C(\C)C(=O)O. The quantitative estimate of drug-likeness (QED) is 0.352. The van der Waals surface area contributed by atoms with Gasteiger partial charge in [-0.3, -0.25) is 0 Å². The van der Waals surface area contributed by atoms with Gasteiger partial charge in [-0.2, -0.15) is 5.10 Å². The molecule has 0 unspecified atom stereocenters. The molecule has 0 fully saturated rings. The minimum absolute atomic E-state index is 0.112. The Hall–Kier alpha value is -1.06. The molecule has 0 amide bonds. The Balaban J connectivity index is 3.25. The lowest BCUT2D eigenvalue weighted by molar-refractivity contribution is -0.129. The molecule has 0 atom stereocenters. The van der Waals surface area contributed by atoms with E-state index in [9.17, 15) is 4.79 Å². The molecule has 0 aromatic rings. The highest BCUT2D eigenvalue weighted by Gasteiger charge is 1.99. The number of hydrogen-bond donors (Lipinski definition) is 2. The molecule has 4 heteroatoms. The third-order valence-corrected chi connectivity index (χ3v) is 2.20. The Labute approximate surface area is 91.8 Å². The van der Waals surface area contributed by atoms with Gasteiger partial charge in [-0.05, 0) is 13.3 Å². The zero-order valence-electron chi connectivity index (χ0n) is 9.75. The summed E-state index contributed by atoms with van der Waals surface area (Å²) >= 11 is 0. The van der Waals surface area contributed by atoms with Gasteiger partial charge in [0.2, 0.25) is 0 Å². The fourth-order valence-corrected chi connectivity index (χ4v) is 1.21. The molecular weight excluding hydrogens is 192 g/mol. The van der Waals surface area contributed by atoms with E-state index >= 15 is 0 Å². The molecule has 0 bridgehead atoms. The van der Waals surface area contributed by atoms with Crippen molar-refractivity contribution in [1.29, 1.82) is 0 Å². The van der Waals surface area contributed by atoms with Crippen LogP contribution in [0.4, 0.5) is 0 Å². The van der Waals surface area contributed by atoms with Crippen molar-refractivity contribution < 1.29 is 9.90 Å². The predicted octanol–water partition coefficient (Wildman–Crippen LogP) is 2.40. The lowest BCUT2D eigenvalue weighted by atomic mass is 10.1. The first-order chi connectivity index (χ1) is 7.18. The summed E-state index contributed by atoms with van der Waals surface area (Å²) < 4.78 is 0. The van der Waals surface area contributed by atoms with E-state index in [1.807, 2.05) is 0 Å². The predicted molar refractivity (Wildman–Crippen MR) is 62.1 cm³/mol. The van der Waals surface area contributed by atoms with Crippen molar-refractivity contribution in [2.24, 2.45) is 5.10 Å². The Kier molecular flexibility index (Phi) is 8.82. The van der Waals surface area contributed by atoms with Crippen molar-refractivity contribution in [3.05, 3.63) is 0 Å². The van der Waals surface area contributed by atoms with Crippen molar-refractivity contribution in [3.63, 3.8) is 0 Å². The van der Waals surface area contributed by atoms with E-state index in [0.29, 0.717) is 0 Å². The van der Waals surface area contributed by atoms with Crippen LogP contribution in [0.5, 0.6) is 0 Å². The number of nitrogens with zero attached hydrogens (tertiary/aromatic N) is 1. The zero-order chi connectivity index (χ0) is 11.5. The molecule has 0 aliphatic heterocycles. The lowest BCUT2D eigenvalue weighted by Gasteiger charge is -2.01. The molecule has 0 saturated carbocycles. The molecular formula is C11H22N2O2. The van der Waals surface area contributed by atoms with Gasteiger partial charge >= 0.3 is 5.97 Å². The molecule has 2 N–H and O–H groups in total. The van der Waals surface area contributed by atoms with Gasteiger partial charge in [-0.25, -0.2) is 4.79 Å². The summed E-state index contributed by atoms with van der Waals surface area (Å²) in [5.41, 5.74) is 2.88. The lowest BCUT2D eigenvalue weighted by Crippen LogP contribution is -2.16. The number of hydrogen-bond acceptors (Lipinski definition) is 3. The Morgan fingerprint density at radius 2 is 1.80 bits per heavy atom. The van der Waals surface area contributed by atoms with Gasteiger partial charge in [0, 0.05) is 6.54 Å². The topological polar surface area (TPSA) is 61.7 Å². The van der Waals surface area contributed by atoms with Crippen molar-refractivity contribution in [2.45, 2.75) is 52.4 Å².